The SMILES string of the molecule is COc1cc(/C(O)=C(\C#N)C(=O)N2CCCCC2)cc([N+](=O)[O-])c1OC.N#C/C(C(=O)N1CCC1)=C(/O)c1cc(O)c(O)c([N+](=O)[O-])c1.N#C/C(C(=O)N1CCCCC1)=C(/O)c1cc(O)c(O)c([N+](=O)[O-])c1.N#C/C(C(=O)N1CCCOC1)=C(/O)c1cc(O)c(O)c([N+](=O)[O-])c1.N#C/C(C(=O)c1cscn1)=C(/O)c1cc(O)c(O)c([N+](=O)[O-])c1. The fourth-order valence-corrected chi connectivity index (χ4v) is 11.6. The Kier molecular flexibility index (Phi) is 31.6. The van der Waals surface area contributed by atoms with Gasteiger partial charge in [0.1, 0.15) is 77.1 Å². The Morgan fingerprint density at radius 2 is 0.689 bits per heavy atom. The van der Waals surface area contributed by atoms with Crippen molar-refractivity contribution in [1.29, 1.82) is 26.3 Å². The Hall–Kier alpha value is -16.6. The number of thiazole rings is 1. The van der Waals surface area contributed by atoms with Crippen molar-refractivity contribution >= 4 is 98.0 Å². The number of ether oxygens (including phenoxy) is 3. The second kappa shape index (κ2) is 41.2. The molecule has 0 atom stereocenters. The van der Waals surface area contributed by atoms with Gasteiger partial charge in [0.05, 0.1) is 51.0 Å². The van der Waals surface area contributed by atoms with E-state index < -0.39 is 185 Å². The third kappa shape index (κ3) is 21.8. The summed E-state index contributed by atoms with van der Waals surface area (Å²) >= 11 is 1.11. The molecule has 0 saturated carbocycles. The number of nitrogens with zero attached hydrogens (tertiary/aromatic N) is 15. The number of nitro groups is 5. The zero-order valence-corrected chi connectivity index (χ0v) is 62.5. The molecule has 4 aliphatic heterocycles. The van der Waals surface area contributed by atoms with Crippen molar-refractivity contribution in [3.8, 4) is 87.8 Å². The minimum absolute atomic E-state index is 0.00552. The molecule has 6 aromatic rings. The van der Waals surface area contributed by atoms with Crippen LogP contribution in [0.2, 0.25) is 0 Å². The summed E-state index contributed by atoms with van der Waals surface area (Å²) in [6.07, 6.45) is 6.56. The number of allylic oxidation sites excluding steroid dienone is 1. The van der Waals surface area contributed by atoms with E-state index in [4.69, 9.17) is 30.0 Å². The van der Waals surface area contributed by atoms with Crippen LogP contribution in [0.4, 0.5) is 28.4 Å². The summed E-state index contributed by atoms with van der Waals surface area (Å²) in [4.78, 5) is 120. The summed E-state index contributed by atoms with van der Waals surface area (Å²) in [6.45, 7) is 3.59. The number of hydrogen-bond acceptors (Lipinski definition) is 38. The lowest BCUT2D eigenvalue weighted by molar-refractivity contribution is -0.386. The number of nitro benzene ring substituents is 5. The molecule has 5 heterocycles. The average Bonchev–Trinajstić information content (AvgIpc) is 0.963. The average molecular weight is 1670 g/mol. The number of Topliss-reactive ketones (excluding diaryl/α,β-unsaturated/α-hetero) is 1. The van der Waals surface area contributed by atoms with E-state index in [1.165, 1.54) is 56.8 Å². The number of ketones is 1. The summed E-state index contributed by atoms with van der Waals surface area (Å²) in [5, 5.41) is 228. The van der Waals surface area contributed by atoms with Gasteiger partial charge < -0.3 is 100 Å². The highest BCUT2D eigenvalue weighted by Crippen LogP contribution is 2.44. The third-order valence-corrected chi connectivity index (χ3v) is 17.8. The maximum Gasteiger partial charge on any atom is 0.315 e. The summed E-state index contributed by atoms with van der Waals surface area (Å²) in [5.41, 5.74) is -7.00. The number of hydrogen-bond donors (Lipinski definition) is 13. The number of benzene rings is 5. The van der Waals surface area contributed by atoms with Crippen molar-refractivity contribution in [2.75, 3.05) is 73.4 Å². The summed E-state index contributed by atoms with van der Waals surface area (Å²) < 4.78 is 15.2. The molecule has 0 aliphatic carbocycles. The van der Waals surface area contributed by atoms with Crippen LogP contribution < -0.4 is 9.47 Å². The molecule has 46 nitrogen and oxygen atoms in total. The topological polar surface area (TPSA) is 737 Å². The molecule has 4 saturated heterocycles. The highest BCUT2D eigenvalue weighted by molar-refractivity contribution is 7.07. The number of aliphatic hydroxyl groups is 5. The van der Waals surface area contributed by atoms with Crippen molar-refractivity contribution in [2.45, 2.75) is 51.4 Å². The van der Waals surface area contributed by atoms with E-state index in [9.17, 15) is 151 Å². The number of nitriles is 5. The van der Waals surface area contributed by atoms with Crippen LogP contribution in [-0.2, 0) is 23.9 Å². The van der Waals surface area contributed by atoms with E-state index in [1.807, 2.05) is 0 Å². The Balaban J connectivity index is 0.000000231. The zero-order valence-electron chi connectivity index (χ0n) is 61.7. The van der Waals surface area contributed by atoms with Gasteiger partial charge in [0.2, 0.25) is 34.5 Å². The molecule has 4 fully saturated rings. The van der Waals surface area contributed by atoms with Crippen LogP contribution in [0, 0.1) is 107 Å². The zero-order chi connectivity index (χ0) is 88.6. The van der Waals surface area contributed by atoms with E-state index in [0.717, 1.165) is 111 Å². The number of methoxy groups -OCH3 is 2. The number of aromatic hydroxyl groups is 8. The van der Waals surface area contributed by atoms with Crippen molar-refractivity contribution in [2.24, 2.45) is 0 Å². The van der Waals surface area contributed by atoms with E-state index in [1.54, 1.807) is 24.3 Å². The third-order valence-electron chi connectivity index (χ3n) is 17.3. The van der Waals surface area contributed by atoms with E-state index >= 15 is 0 Å². The molecule has 0 radical (unpaired) electrons. The first-order valence-electron chi connectivity index (χ1n) is 34.0. The maximum absolute atomic E-state index is 12.5. The molecule has 620 valence electrons. The Labute approximate surface area is 671 Å². The number of rotatable bonds is 18. The first-order chi connectivity index (χ1) is 56.4. The van der Waals surface area contributed by atoms with Gasteiger partial charge >= 0.3 is 28.4 Å². The number of carbonyl (C=O) groups excluding carboxylic acids is 5. The molecule has 0 unspecified atom stereocenters. The number of piperidine rings is 2. The first-order valence-corrected chi connectivity index (χ1v) is 34.9. The number of likely N-dealkylation sites (tertiary alicyclic amines) is 3. The molecule has 13 N–H and O–H groups in total. The second-order valence-electron chi connectivity index (χ2n) is 24.7. The lowest BCUT2D eigenvalue weighted by Gasteiger charge is -2.30. The van der Waals surface area contributed by atoms with Gasteiger partial charge in [-0.05, 0) is 81.7 Å². The van der Waals surface area contributed by atoms with Crippen LogP contribution in [0.3, 0.4) is 0 Å². The predicted molar refractivity (Wildman–Crippen MR) is 403 cm³/mol. The highest BCUT2D eigenvalue weighted by Gasteiger charge is 2.34. The minimum Gasteiger partial charge on any atom is -0.506 e. The first kappa shape index (κ1) is 91.3. The standard InChI is InChI=1S/C17H19N3O6.C15H15N3O6.C14H13N3O7.C13H7N3O6S.C13H11N3O6/c1-25-14-9-11(8-13(20(23)24)16(14)26-2)15(21)12(10-18)17(22)19-6-4-3-5-7-19;16-8-10(15(22)17-4-2-1-3-5-17)13(20)9-6-11(18(23)24)14(21)12(19)7-9;15-6-9(14(21)16-2-1-3-24-7-16)12(19)8-4-10(17(22)23)13(20)11(18)5-8;14-3-7(12(19)8-4-23-5-15-8)11(18)6-1-9(16(21)22)13(20)10(17)2-6;14-6-8(13(20)15-2-1-3-15)11(18)7-4-9(16(21)22)12(19)10(17)5-7/h8-9,21H,3-7H2,1-2H3;6-7,19-21H,1-5H2;4-5,18-20H,1-3,7H2;1-2,4-5,17-18,20H;4-5,17-19H,1-3H2/b15-12-;13-10-;12-9-;11-7-;11-8-. The second-order valence-corrected chi connectivity index (χ2v) is 25.4. The summed E-state index contributed by atoms with van der Waals surface area (Å²) in [6, 6.07) is 16.6. The molecule has 47 heteroatoms. The van der Waals surface area contributed by atoms with Gasteiger partial charge in [0.25, 0.3) is 23.6 Å². The fourth-order valence-electron chi connectivity index (χ4n) is 11.0. The number of phenolic OH excluding ortho intramolecular Hbond substituents is 8. The van der Waals surface area contributed by atoms with Crippen molar-refractivity contribution in [1.82, 2.24) is 24.6 Å². The number of phenols is 8. The van der Waals surface area contributed by atoms with E-state index in [2.05, 4.69) is 4.98 Å². The van der Waals surface area contributed by atoms with Gasteiger partial charge in [-0.25, -0.2) is 4.98 Å². The Morgan fingerprint density at radius 1 is 0.403 bits per heavy atom. The summed E-state index contributed by atoms with van der Waals surface area (Å²) in [5.74, 6) is -15.0. The van der Waals surface area contributed by atoms with Gasteiger partial charge in [-0.1, -0.05) is 0 Å². The van der Waals surface area contributed by atoms with Gasteiger partial charge in [0, 0.05) is 109 Å². The van der Waals surface area contributed by atoms with Crippen LogP contribution in [0.1, 0.15) is 89.7 Å². The molecular weight excluding hydrogens is 1600 g/mol. The van der Waals surface area contributed by atoms with Crippen LogP contribution in [0.5, 0.6) is 57.5 Å². The molecule has 0 bridgehead atoms. The molecule has 119 heavy (non-hydrogen) atoms. The number of aliphatic hydroxyl groups excluding tert-OH is 5. The van der Waals surface area contributed by atoms with Gasteiger partial charge in [0.15, 0.2) is 51.0 Å². The van der Waals surface area contributed by atoms with Crippen molar-refractivity contribution in [3.05, 3.63) is 184 Å². The largest absolute Gasteiger partial charge is 0.506 e. The number of aromatic nitrogens is 1. The Morgan fingerprint density at radius 3 is 0.941 bits per heavy atom. The number of carbonyl (C=O) groups is 5. The number of amides is 4. The van der Waals surface area contributed by atoms with Gasteiger partial charge in [-0.3, -0.25) is 74.5 Å². The molecule has 0 spiro atoms. The normalized spacial score (nSPS) is 14.4. The lowest BCUT2D eigenvalue weighted by atomic mass is 10.0. The molecule has 1 aromatic heterocycles. The van der Waals surface area contributed by atoms with Crippen LogP contribution in [0.15, 0.2) is 99.4 Å². The maximum atomic E-state index is 12.5. The Bertz CT molecular complexity index is 5320. The van der Waals surface area contributed by atoms with Crippen LogP contribution >= 0.6 is 11.3 Å². The van der Waals surface area contributed by atoms with Crippen LogP contribution in [0.25, 0.3) is 28.8 Å². The van der Waals surface area contributed by atoms with E-state index in [0.29, 0.717) is 58.8 Å². The predicted octanol–water partition coefficient (Wildman–Crippen LogP) is 8.40. The molecular formula is C72H65N15O31S. The van der Waals surface area contributed by atoms with E-state index in [-0.39, 0.29) is 51.7 Å². The van der Waals surface area contributed by atoms with Gasteiger partial charge in [-0.2, -0.15) is 26.3 Å². The van der Waals surface area contributed by atoms with Gasteiger partial charge in [-0.15, -0.1) is 11.3 Å². The van der Waals surface area contributed by atoms with Crippen LogP contribution in [-0.4, -0.2) is 218 Å². The molecule has 10 rings (SSSR count). The molecule has 5 aromatic carbocycles. The highest BCUT2D eigenvalue weighted by atomic mass is 32.1. The smallest absolute Gasteiger partial charge is 0.315 e. The lowest BCUT2D eigenvalue weighted by Crippen LogP contribution is -2.42. The molecule has 4 amide bonds. The van der Waals surface area contributed by atoms with Crippen molar-refractivity contribution < 1.29 is 129 Å². The monoisotopic (exact) mass is 1670 g/mol. The van der Waals surface area contributed by atoms with Crippen molar-refractivity contribution in [3.63, 3.8) is 0 Å². The minimum atomic E-state index is -0.990. The quantitative estimate of drug-likeness (QED) is 0.00730. The summed E-state index contributed by atoms with van der Waals surface area (Å²) in [7, 11) is 2.54. The fraction of sp³-hybridized carbons (Fsp3) is 0.264. The molecule has 4 aliphatic rings.